The molecule has 0 atom stereocenters. The van der Waals surface area contributed by atoms with Gasteiger partial charge in [0, 0.05) is 13.0 Å². The highest BCUT2D eigenvalue weighted by molar-refractivity contribution is 5.76. The monoisotopic (exact) mass is 316 g/mol. The molecule has 3 heteroatoms. The topological polar surface area (TPSA) is 32.3 Å². The van der Waals surface area contributed by atoms with E-state index in [1.54, 1.807) is 0 Å². The molecule has 3 nitrogen and oxygen atoms in total. The molecule has 23 heavy (non-hydrogen) atoms. The van der Waals surface area contributed by atoms with Crippen LogP contribution in [0.15, 0.2) is 24.3 Å². The van der Waals surface area contributed by atoms with E-state index in [2.05, 4.69) is 55.4 Å². The largest absolute Gasteiger partial charge is 0.356 e. The zero-order valence-corrected chi connectivity index (χ0v) is 15.0. The van der Waals surface area contributed by atoms with E-state index in [4.69, 9.17) is 0 Å². The number of hydrogen-bond acceptors (Lipinski definition) is 2. The third kappa shape index (κ3) is 6.34. The maximum atomic E-state index is 12.0. The lowest BCUT2D eigenvalue weighted by Crippen LogP contribution is -2.32. The normalized spacial score (nSPS) is 16.7. The number of carbonyl (C=O) groups is 1. The number of amides is 1. The Balaban J connectivity index is 1.61. The molecule has 0 bridgehead atoms. The molecule has 1 amide bonds. The number of aryl methyl sites for hydroxylation is 1. The van der Waals surface area contributed by atoms with Gasteiger partial charge < -0.3 is 10.2 Å². The molecule has 128 valence electrons. The van der Waals surface area contributed by atoms with Crippen molar-refractivity contribution in [3.05, 3.63) is 35.4 Å². The summed E-state index contributed by atoms with van der Waals surface area (Å²) in [6, 6.07) is 8.66. The van der Waals surface area contributed by atoms with Crippen LogP contribution >= 0.6 is 0 Å². The van der Waals surface area contributed by atoms with Crippen LogP contribution in [0.2, 0.25) is 0 Å². The third-order valence-corrected chi connectivity index (χ3v) is 5.00. The van der Waals surface area contributed by atoms with Crippen molar-refractivity contribution in [1.82, 2.24) is 10.2 Å². The average molecular weight is 316 g/mol. The molecule has 0 radical (unpaired) electrons. The van der Waals surface area contributed by atoms with Crippen LogP contribution in [-0.4, -0.2) is 37.5 Å². The Hall–Kier alpha value is -1.35. The zero-order valence-electron chi connectivity index (χ0n) is 15.0. The van der Waals surface area contributed by atoms with E-state index in [1.165, 1.54) is 37.1 Å². The lowest BCUT2D eigenvalue weighted by molar-refractivity contribution is -0.121. The Morgan fingerprint density at radius 2 is 1.87 bits per heavy atom. The van der Waals surface area contributed by atoms with E-state index in [-0.39, 0.29) is 5.91 Å². The predicted octanol–water partition coefficient (Wildman–Crippen LogP) is 3.59. The number of hydrogen-bond donors (Lipinski definition) is 1. The Bertz CT molecular complexity index is 473. The summed E-state index contributed by atoms with van der Waals surface area (Å²) in [7, 11) is 2.19. The second-order valence-corrected chi connectivity index (χ2v) is 7.28. The van der Waals surface area contributed by atoms with Gasteiger partial charge in [0.25, 0.3) is 0 Å². The van der Waals surface area contributed by atoms with Gasteiger partial charge in [0.1, 0.15) is 0 Å². The number of carbonyl (C=O) groups excluding carboxylic acids is 1. The zero-order chi connectivity index (χ0) is 16.7. The van der Waals surface area contributed by atoms with E-state index in [9.17, 15) is 4.79 Å². The number of nitrogens with one attached hydrogen (secondary N) is 1. The first-order valence-corrected chi connectivity index (χ1v) is 9.08. The van der Waals surface area contributed by atoms with Crippen LogP contribution in [0.3, 0.4) is 0 Å². The van der Waals surface area contributed by atoms with Crippen LogP contribution in [0, 0.1) is 5.92 Å². The van der Waals surface area contributed by atoms with Crippen LogP contribution in [0.4, 0.5) is 0 Å². The van der Waals surface area contributed by atoms with E-state index >= 15 is 0 Å². The second-order valence-electron chi connectivity index (χ2n) is 7.28. The van der Waals surface area contributed by atoms with Gasteiger partial charge >= 0.3 is 0 Å². The second kappa shape index (κ2) is 9.07. The fraction of sp³-hybridized carbons (Fsp3) is 0.650. The fourth-order valence-corrected chi connectivity index (χ4v) is 3.18. The van der Waals surface area contributed by atoms with Crippen molar-refractivity contribution in [2.45, 2.75) is 51.9 Å². The number of rotatable bonds is 7. The Labute approximate surface area is 141 Å². The molecule has 1 aliphatic rings. The van der Waals surface area contributed by atoms with Crippen molar-refractivity contribution in [3.63, 3.8) is 0 Å². The molecule has 2 rings (SSSR count). The molecule has 0 spiro atoms. The fourth-order valence-electron chi connectivity index (χ4n) is 3.18. The summed E-state index contributed by atoms with van der Waals surface area (Å²) in [6.45, 7) is 7.63. The molecule has 1 aliphatic heterocycles. The highest BCUT2D eigenvalue weighted by Crippen LogP contribution is 2.19. The van der Waals surface area contributed by atoms with Gasteiger partial charge in [0.15, 0.2) is 0 Å². The van der Waals surface area contributed by atoms with Gasteiger partial charge in [-0.1, -0.05) is 38.1 Å². The summed E-state index contributed by atoms with van der Waals surface area (Å²) in [5.74, 6) is 1.54. The Kier molecular flexibility index (Phi) is 7.10. The van der Waals surface area contributed by atoms with Crippen LogP contribution in [0.25, 0.3) is 0 Å². The Morgan fingerprint density at radius 1 is 1.22 bits per heavy atom. The van der Waals surface area contributed by atoms with E-state index in [0.717, 1.165) is 25.3 Å². The van der Waals surface area contributed by atoms with Crippen molar-refractivity contribution < 1.29 is 4.79 Å². The first-order valence-electron chi connectivity index (χ1n) is 9.08. The van der Waals surface area contributed by atoms with Gasteiger partial charge in [-0.25, -0.2) is 0 Å². The van der Waals surface area contributed by atoms with Gasteiger partial charge in [-0.05, 0) is 68.8 Å². The molecule has 0 saturated carbocycles. The lowest BCUT2D eigenvalue weighted by atomic mass is 9.94. The standard InChI is InChI=1S/C20H32N2O/c1-16(2)19-7-4-17(5-8-19)6-9-20(23)21-13-10-18-11-14-22(3)15-12-18/h4-5,7-8,16,18H,6,9-15H2,1-3H3,(H,21,23). The molecule has 1 saturated heterocycles. The number of likely N-dealkylation sites (tertiary alicyclic amines) is 1. The van der Waals surface area contributed by atoms with Crippen LogP contribution < -0.4 is 5.32 Å². The smallest absolute Gasteiger partial charge is 0.220 e. The molecule has 0 unspecified atom stereocenters. The van der Waals surface area contributed by atoms with E-state index in [1.807, 2.05) is 0 Å². The summed E-state index contributed by atoms with van der Waals surface area (Å²) in [6.07, 6.45) is 5.10. The molecule has 0 aromatic heterocycles. The van der Waals surface area contributed by atoms with E-state index in [0.29, 0.717) is 12.3 Å². The maximum Gasteiger partial charge on any atom is 0.220 e. The quantitative estimate of drug-likeness (QED) is 0.834. The minimum Gasteiger partial charge on any atom is -0.356 e. The molecule has 1 heterocycles. The van der Waals surface area contributed by atoms with Crippen molar-refractivity contribution >= 4 is 5.91 Å². The van der Waals surface area contributed by atoms with Crippen molar-refractivity contribution in [2.24, 2.45) is 5.92 Å². The first kappa shape index (κ1) is 18.0. The van der Waals surface area contributed by atoms with Crippen molar-refractivity contribution in [2.75, 3.05) is 26.7 Å². The van der Waals surface area contributed by atoms with Crippen molar-refractivity contribution in [1.29, 1.82) is 0 Å². The molecule has 1 aromatic carbocycles. The summed E-state index contributed by atoms with van der Waals surface area (Å²) < 4.78 is 0. The number of benzene rings is 1. The molecule has 1 aromatic rings. The van der Waals surface area contributed by atoms with Crippen LogP contribution in [0.5, 0.6) is 0 Å². The molecule has 1 fully saturated rings. The van der Waals surface area contributed by atoms with Crippen LogP contribution in [0.1, 0.15) is 56.6 Å². The van der Waals surface area contributed by atoms with Gasteiger partial charge in [-0.3, -0.25) is 4.79 Å². The number of piperidine rings is 1. The van der Waals surface area contributed by atoms with Gasteiger partial charge in [-0.15, -0.1) is 0 Å². The third-order valence-electron chi connectivity index (χ3n) is 5.00. The summed E-state index contributed by atoms with van der Waals surface area (Å²) in [5.41, 5.74) is 2.61. The average Bonchev–Trinajstić information content (AvgIpc) is 2.55. The summed E-state index contributed by atoms with van der Waals surface area (Å²) in [4.78, 5) is 14.4. The van der Waals surface area contributed by atoms with Gasteiger partial charge in [0.05, 0.1) is 0 Å². The highest BCUT2D eigenvalue weighted by atomic mass is 16.1. The number of nitrogens with zero attached hydrogens (tertiary/aromatic N) is 1. The minimum atomic E-state index is 0.186. The summed E-state index contributed by atoms with van der Waals surface area (Å²) >= 11 is 0. The first-order chi connectivity index (χ1) is 11.0. The minimum absolute atomic E-state index is 0.186. The molecular formula is C20H32N2O. The SMILES string of the molecule is CC(C)c1ccc(CCC(=O)NCCC2CCN(C)CC2)cc1. The Morgan fingerprint density at radius 3 is 2.48 bits per heavy atom. The lowest BCUT2D eigenvalue weighted by Gasteiger charge is -2.28. The molecule has 0 aliphatic carbocycles. The van der Waals surface area contributed by atoms with Gasteiger partial charge in [0.2, 0.25) is 5.91 Å². The van der Waals surface area contributed by atoms with Gasteiger partial charge in [-0.2, -0.15) is 0 Å². The molecular weight excluding hydrogens is 284 g/mol. The highest BCUT2D eigenvalue weighted by Gasteiger charge is 2.16. The van der Waals surface area contributed by atoms with E-state index < -0.39 is 0 Å². The van der Waals surface area contributed by atoms with Crippen LogP contribution in [-0.2, 0) is 11.2 Å². The van der Waals surface area contributed by atoms with Crippen molar-refractivity contribution in [3.8, 4) is 0 Å². The summed E-state index contributed by atoms with van der Waals surface area (Å²) in [5, 5.41) is 3.09. The molecule has 1 N–H and O–H groups in total. The predicted molar refractivity (Wildman–Crippen MR) is 96.7 cm³/mol. The maximum absolute atomic E-state index is 12.0.